The smallest absolute Gasteiger partial charge is 0.250 e. The minimum atomic E-state index is -3.37. The van der Waals surface area contributed by atoms with Gasteiger partial charge in [0.1, 0.15) is 4.21 Å². The van der Waals surface area contributed by atoms with Crippen molar-refractivity contribution in [1.29, 1.82) is 0 Å². The van der Waals surface area contributed by atoms with Crippen LogP contribution >= 0.6 is 11.3 Å². The molecule has 0 radical (unpaired) electrons. The Morgan fingerprint density at radius 3 is 2.71 bits per heavy atom. The summed E-state index contributed by atoms with van der Waals surface area (Å²) in [6.07, 6.45) is 2.76. The van der Waals surface area contributed by atoms with Crippen LogP contribution in [0.3, 0.4) is 0 Å². The van der Waals surface area contributed by atoms with E-state index in [9.17, 15) is 8.42 Å². The first-order valence-corrected chi connectivity index (χ1v) is 9.60. The molecule has 0 aromatic carbocycles. The largest absolute Gasteiger partial charge is 0.385 e. The predicted molar refractivity (Wildman–Crippen MR) is 87.4 cm³/mol. The lowest BCUT2D eigenvalue weighted by atomic mass is 10.2. The van der Waals surface area contributed by atoms with Gasteiger partial charge >= 0.3 is 0 Å². The molecule has 122 valence electrons. The third kappa shape index (κ3) is 6.44. The molecular weight excluding hydrogens is 308 g/mol. The van der Waals surface area contributed by atoms with E-state index in [0.29, 0.717) is 10.8 Å². The molecule has 7 heteroatoms. The number of sulfonamides is 1. The van der Waals surface area contributed by atoms with E-state index in [1.165, 1.54) is 11.3 Å². The van der Waals surface area contributed by atoms with Gasteiger partial charge in [-0.3, -0.25) is 0 Å². The Morgan fingerprint density at radius 2 is 2.05 bits per heavy atom. The van der Waals surface area contributed by atoms with Gasteiger partial charge in [0, 0.05) is 31.7 Å². The molecule has 0 aliphatic carbocycles. The second kappa shape index (κ2) is 9.53. The van der Waals surface area contributed by atoms with Gasteiger partial charge in [-0.2, -0.15) is 0 Å². The number of ether oxygens (including phenoxy) is 1. The van der Waals surface area contributed by atoms with Crippen LogP contribution < -0.4 is 10.0 Å². The number of hydrogen-bond donors (Lipinski definition) is 2. The Labute approximate surface area is 132 Å². The van der Waals surface area contributed by atoms with Gasteiger partial charge < -0.3 is 10.1 Å². The van der Waals surface area contributed by atoms with E-state index in [1.807, 2.05) is 13.8 Å². The lowest BCUT2D eigenvalue weighted by Crippen LogP contribution is -2.24. The molecule has 1 heterocycles. The number of aryl methyl sites for hydroxylation is 1. The summed E-state index contributed by atoms with van der Waals surface area (Å²) in [7, 11) is -1.70. The summed E-state index contributed by atoms with van der Waals surface area (Å²) in [5, 5.41) is 3.23. The summed E-state index contributed by atoms with van der Waals surface area (Å²) >= 11 is 1.35. The van der Waals surface area contributed by atoms with Gasteiger partial charge in [-0.1, -0.05) is 6.92 Å². The topological polar surface area (TPSA) is 67.4 Å². The van der Waals surface area contributed by atoms with Crippen LogP contribution in [0.4, 0.5) is 0 Å². The second-order valence-corrected chi connectivity index (χ2v) is 8.03. The third-order valence-corrected chi connectivity index (χ3v) is 6.29. The molecule has 0 saturated heterocycles. The predicted octanol–water partition coefficient (Wildman–Crippen LogP) is 2.26. The highest BCUT2D eigenvalue weighted by molar-refractivity contribution is 7.91. The second-order valence-electron chi connectivity index (χ2n) is 4.90. The van der Waals surface area contributed by atoms with Gasteiger partial charge in [0.25, 0.3) is 0 Å². The lowest BCUT2D eigenvalue weighted by Gasteiger charge is -2.04. The van der Waals surface area contributed by atoms with E-state index in [0.717, 1.165) is 49.4 Å². The molecule has 0 bridgehead atoms. The zero-order chi connectivity index (χ0) is 15.7. The zero-order valence-electron chi connectivity index (χ0n) is 13.1. The Morgan fingerprint density at radius 1 is 1.29 bits per heavy atom. The van der Waals surface area contributed by atoms with E-state index < -0.39 is 10.0 Å². The molecule has 2 N–H and O–H groups in total. The molecular formula is C14H26N2O3S2. The van der Waals surface area contributed by atoms with E-state index in [-0.39, 0.29) is 0 Å². The first-order valence-electron chi connectivity index (χ1n) is 7.30. The normalized spacial score (nSPS) is 12.0. The average molecular weight is 335 g/mol. The molecule has 1 aromatic rings. The van der Waals surface area contributed by atoms with Gasteiger partial charge in [-0.05, 0) is 44.4 Å². The number of unbranched alkanes of at least 4 members (excludes halogenated alkanes) is 2. The van der Waals surface area contributed by atoms with Crippen molar-refractivity contribution in [3.8, 4) is 0 Å². The lowest BCUT2D eigenvalue weighted by molar-refractivity contribution is 0.192. The molecule has 0 amide bonds. The molecule has 1 aromatic heterocycles. The van der Waals surface area contributed by atoms with Crippen molar-refractivity contribution in [1.82, 2.24) is 10.0 Å². The Kier molecular flexibility index (Phi) is 8.43. The fraction of sp³-hybridized carbons (Fsp3) is 0.714. The minimum Gasteiger partial charge on any atom is -0.385 e. The Hall–Kier alpha value is -0.470. The summed E-state index contributed by atoms with van der Waals surface area (Å²) < 4.78 is 32.5. The van der Waals surface area contributed by atoms with E-state index in [4.69, 9.17) is 4.74 Å². The maximum absolute atomic E-state index is 12.2. The van der Waals surface area contributed by atoms with Crippen molar-refractivity contribution in [2.45, 2.75) is 43.9 Å². The van der Waals surface area contributed by atoms with Crippen molar-refractivity contribution in [3.05, 3.63) is 16.5 Å². The average Bonchev–Trinajstić information content (AvgIpc) is 2.82. The van der Waals surface area contributed by atoms with Crippen LogP contribution in [0.2, 0.25) is 0 Å². The number of nitrogens with one attached hydrogen (secondary N) is 2. The highest BCUT2D eigenvalue weighted by atomic mass is 32.2. The summed E-state index contributed by atoms with van der Waals surface area (Å²) in [5.74, 6) is 0. The molecule has 0 atom stereocenters. The molecule has 0 saturated carbocycles. The molecule has 21 heavy (non-hydrogen) atoms. The van der Waals surface area contributed by atoms with Crippen LogP contribution in [0.15, 0.2) is 10.3 Å². The SMILES string of the molecule is CCNCc1sc(S(=O)(=O)NCCCCCOC)cc1C. The van der Waals surface area contributed by atoms with Crippen LogP contribution in [0, 0.1) is 6.92 Å². The number of rotatable bonds is 11. The van der Waals surface area contributed by atoms with Crippen molar-refractivity contribution in [2.24, 2.45) is 0 Å². The number of hydrogen-bond acceptors (Lipinski definition) is 5. The molecule has 0 spiro atoms. The van der Waals surface area contributed by atoms with Crippen molar-refractivity contribution < 1.29 is 13.2 Å². The quantitative estimate of drug-likeness (QED) is 0.609. The van der Waals surface area contributed by atoms with Crippen molar-refractivity contribution in [2.75, 3.05) is 26.8 Å². The van der Waals surface area contributed by atoms with Crippen molar-refractivity contribution >= 4 is 21.4 Å². The Balaban J connectivity index is 2.50. The van der Waals surface area contributed by atoms with Crippen molar-refractivity contribution in [3.63, 3.8) is 0 Å². The standard InChI is InChI=1S/C14H26N2O3S2/c1-4-15-11-13-12(2)10-14(20-13)21(17,18)16-8-6-5-7-9-19-3/h10,15-16H,4-9,11H2,1-3H3. The van der Waals surface area contributed by atoms with E-state index >= 15 is 0 Å². The monoisotopic (exact) mass is 334 g/mol. The molecule has 1 rings (SSSR count). The maximum Gasteiger partial charge on any atom is 0.250 e. The van der Waals surface area contributed by atoms with Gasteiger partial charge in [-0.25, -0.2) is 13.1 Å². The van der Waals surface area contributed by atoms with Crippen LogP contribution in [0.25, 0.3) is 0 Å². The third-order valence-electron chi connectivity index (χ3n) is 3.12. The Bertz CT molecular complexity index is 512. The minimum absolute atomic E-state index is 0.407. The molecule has 0 aliphatic rings. The summed E-state index contributed by atoms with van der Waals surface area (Å²) in [5.41, 5.74) is 1.03. The summed E-state index contributed by atoms with van der Waals surface area (Å²) in [6, 6.07) is 1.75. The van der Waals surface area contributed by atoms with E-state index in [1.54, 1.807) is 13.2 Å². The zero-order valence-corrected chi connectivity index (χ0v) is 14.7. The van der Waals surface area contributed by atoms with Gasteiger partial charge in [0.15, 0.2) is 0 Å². The number of thiophene rings is 1. The number of methoxy groups -OCH3 is 1. The molecule has 0 fully saturated rings. The first kappa shape index (κ1) is 18.6. The fourth-order valence-electron chi connectivity index (χ4n) is 1.86. The summed E-state index contributed by atoms with van der Waals surface area (Å²) in [4.78, 5) is 1.08. The van der Waals surface area contributed by atoms with Gasteiger partial charge in [0.2, 0.25) is 10.0 Å². The first-order chi connectivity index (χ1) is 10.0. The van der Waals surface area contributed by atoms with Crippen LogP contribution in [0.1, 0.15) is 36.6 Å². The highest BCUT2D eigenvalue weighted by Gasteiger charge is 2.18. The van der Waals surface area contributed by atoms with Gasteiger partial charge in [0.05, 0.1) is 0 Å². The molecule has 0 unspecified atom stereocenters. The highest BCUT2D eigenvalue weighted by Crippen LogP contribution is 2.25. The fourth-order valence-corrected chi connectivity index (χ4v) is 4.54. The van der Waals surface area contributed by atoms with Gasteiger partial charge in [-0.15, -0.1) is 11.3 Å². The van der Waals surface area contributed by atoms with Crippen LogP contribution in [0.5, 0.6) is 0 Å². The maximum atomic E-state index is 12.2. The molecule has 5 nitrogen and oxygen atoms in total. The van der Waals surface area contributed by atoms with Crippen LogP contribution in [-0.2, 0) is 21.3 Å². The van der Waals surface area contributed by atoms with E-state index in [2.05, 4.69) is 10.0 Å². The van der Waals surface area contributed by atoms with Crippen LogP contribution in [-0.4, -0.2) is 35.2 Å². The molecule has 0 aliphatic heterocycles. The summed E-state index contributed by atoms with van der Waals surface area (Å²) in [6.45, 7) is 6.79.